The van der Waals surface area contributed by atoms with E-state index < -0.39 is 27.9 Å². The first kappa shape index (κ1) is 14.4. The molecular weight excluding hydrogens is 299 g/mol. The first-order valence-electron chi connectivity index (χ1n) is 6.53. The first-order valence-corrected chi connectivity index (χ1v) is 7.97. The monoisotopic (exact) mass is 314 g/mol. The van der Waals surface area contributed by atoms with Gasteiger partial charge in [-0.3, -0.25) is 4.79 Å². The minimum absolute atomic E-state index is 0.0563. The molecule has 1 aromatic rings. The second-order valence-electron chi connectivity index (χ2n) is 5.40. The molecule has 3 rings (SSSR count). The van der Waals surface area contributed by atoms with Crippen molar-refractivity contribution < 1.29 is 22.7 Å². The molecule has 2 aliphatic rings. The zero-order valence-corrected chi connectivity index (χ0v) is 12.1. The number of halogens is 1. The van der Waals surface area contributed by atoms with E-state index in [1.165, 1.54) is 27.4 Å². The lowest BCUT2D eigenvalue weighted by molar-refractivity contribution is -0.134. The largest absolute Gasteiger partial charge is 0.383 e. The number of nitrogens with zero attached hydrogens (tertiary/aromatic N) is 2. The van der Waals surface area contributed by atoms with Crippen LogP contribution >= 0.6 is 0 Å². The summed E-state index contributed by atoms with van der Waals surface area (Å²) in [5.41, 5.74) is 0. The zero-order valence-electron chi connectivity index (χ0n) is 11.3. The maximum Gasteiger partial charge on any atom is 0.251 e. The average Bonchev–Trinajstić information content (AvgIpc) is 2.97. The maximum absolute atomic E-state index is 13.2. The number of aliphatic hydroxyl groups is 1. The fraction of sp³-hybridized carbons (Fsp3) is 0.462. The van der Waals surface area contributed by atoms with Crippen molar-refractivity contribution in [1.29, 1.82) is 0 Å². The molecule has 0 aromatic heterocycles. The number of rotatable bonds is 2. The third-order valence-corrected chi connectivity index (χ3v) is 6.06. The Bertz CT molecular complexity index is 673. The summed E-state index contributed by atoms with van der Waals surface area (Å²) in [5, 5.41) is 9.86. The normalized spacial score (nSPS) is 30.0. The van der Waals surface area contributed by atoms with Crippen molar-refractivity contribution in [2.75, 3.05) is 20.1 Å². The van der Waals surface area contributed by atoms with Gasteiger partial charge in [0.2, 0.25) is 10.0 Å². The van der Waals surface area contributed by atoms with Gasteiger partial charge in [0.15, 0.2) is 0 Å². The minimum Gasteiger partial charge on any atom is -0.383 e. The number of amides is 1. The molecule has 0 saturated carbocycles. The SMILES string of the molecule is CN1C(=O)[C@@H](O)[C@H]2CN(S(=O)(=O)c3cccc(F)c3)C[C@H]21. The minimum atomic E-state index is -3.82. The van der Waals surface area contributed by atoms with Crippen LogP contribution in [-0.2, 0) is 14.8 Å². The predicted molar refractivity (Wildman–Crippen MR) is 71.2 cm³/mol. The highest BCUT2D eigenvalue weighted by Crippen LogP contribution is 2.34. The smallest absolute Gasteiger partial charge is 0.251 e. The summed E-state index contributed by atoms with van der Waals surface area (Å²) in [4.78, 5) is 12.9. The van der Waals surface area contributed by atoms with E-state index in [1.54, 1.807) is 7.05 Å². The molecule has 0 bridgehead atoms. The Kier molecular flexibility index (Phi) is 3.27. The van der Waals surface area contributed by atoms with Crippen molar-refractivity contribution in [3.8, 4) is 0 Å². The van der Waals surface area contributed by atoms with E-state index >= 15 is 0 Å². The number of hydrogen-bond acceptors (Lipinski definition) is 4. The van der Waals surface area contributed by atoms with Gasteiger partial charge in [0.25, 0.3) is 5.91 Å². The highest BCUT2D eigenvalue weighted by atomic mass is 32.2. The summed E-state index contributed by atoms with van der Waals surface area (Å²) in [5.74, 6) is -1.44. The summed E-state index contributed by atoms with van der Waals surface area (Å²) >= 11 is 0. The molecule has 8 heteroatoms. The Labute approximate surface area is 121 Å². The van der Waals surface area contributed by atoms with Crippen LogP contribution in [-0.4, -0.2) is 60.9 Å². The highest BCUT2D eigenvalue weighted by molar-refractivity contribution is 7.89. The highest BCUT2D eigenvalue weighted by Gasteiger charge is 2.52. The fourth-order valence-electron chi connectivity index (χ4n) is 3.02. The van der Waals surface area contributed by atoms with E-state index in [-0.39, 0.29) is 29.9 Å². The van der Waals surface area contributed by atoms with Gasteiger partial charge in [0, 0.05) is 26.1 Å². The van der Waals surface area contributed by atoms with Crippen LogP contribution in [0.5, 0.6) is 0 Å². The fourth-order valence-corrected chi connectivity index (χ4v) is 4.55. The van der Waals surface area contributed by atoms with Crippen LogP contribution in [0.3, 0.4) is 0 Å². The number of likely N-dealkylation sites (N-methyl/N-ethyl adjacent to an activating group) is 1. The zero-order chi connectivity index (χ0) is 15.4. The van der Waals surface area contributed by atoms with Crippen molar-refractivity contribution >= 4 is 15.9 Å². The number of fused-ring (bicyclic) bond motifs is 1. The van der Waals surface area contributed by atoms with E-state index in [4.69, 9.17) is 0 Å². The molecule has 0 aliphatic carbocycles. The van der Waals surface area contributed by atoms with Gasteiger partial charge in [-0.1, -0.05) is 6.07 Å². The summed E-state index contributed by atoms with van der Waals surface area (Å²) in [6, 6.07) is 4.47. The molecule has 114 valence electrons. The molecule has 0 unspecified atom stereocenters. The number of carbonyl (C=O) groups excluding carboxylic acids is 1. The summed E-state index contributed by atoms with van der Waals surface area (Å²) < 4.78 is 39.4. The summed E-state index contributed by atoms with van der Waals surface area (Å²) in [6.07, 6.45) is -1.17. The number of likely N-dealkylation sites (tertiary alicyclic amines) is 1. The number of benzene rings is 1. The molecule has 6 nitrogen and oxygen atoms in total. The Morgan fingerprint density at radius 3 is 2.67 bits per heavy atom. The molecule has 2 heterocycles. The summed E-state index contributed by atoms with van der Waals surface area (Å²) in [7, 11) is -2.27. The molecule has 2 saturated heterocycles. The lowest BCUT2D eigenvalue weighted by Gasteiger charge is -2.21. The predicted octanol–water partition coefficient (Wildman–Crippen LogP) is -0.352. The van der Waals surface area contributed by atoms with E-state index in [9.17, 15) is 22.7 Å². The third-order valence-electron chi connectivity index (χ3n) is 4.24. The maximum atomic E-state index is 13.2. The van der Waals surface area contributed by atoms with Crippen LogP contribution in [0.15, 0.2) is 29.2 Å². The molecular formula is C13H15FN2O4S. The summed E-state index contributed by atoms with van der Waals surface area (Å²) in [6.45, 7) is 0.170. The standard InChI is InChI=1S/C13H15FN2O4S/c1-15-11-7-16(6-10(11)12(17)13(15)18)21(19,20)9-4-2-3-8(14)5-9/h2-5,10-12,17H,6-7H2,1H3/t10-,11+,12-/m0/s1. The topological polar surface area (TPSA) is 77.9 Å². The van der Waals surface area contributed by atoms with Crippen molar-refractivity contribution in [2.45, 2.75) is 17.0 Å². The second-order valence-corrected chi connectivity index (χ2v) is 7.34. The molecule has 0 spiro atoms. The van der Waals surface area contributed by atoms with Crippen molar-refractivity contribution in [3.05, 3.63) is 30.1 Å². The second kappa shape index (κ2) is 4.75. The van der Waals surface area contributed by atoms with Gasteiger partial charge in [-0.15, -0.1) is 0 Å². The Hall–Kier alpha value is -1.51. The molecule has 21 heavy (non-hydrogen) atoms. The molecule has 1 aromatic carbocycles. The molecule has 1 amide bonds. The Morgan fingerprint density at radius 2 is 2.05 bits per heavy atom. The van der Waals surface area contributed by atoms with Crippen LogP contribution in [0.2, 0.25) is 0 Å². The van der Waals surface area contributed by atoms with E-state index in [0.717, 1.165) is 6.07 Å². The van der Waals surface area contributed by atoms with E-state index in [0.29, 0.717) is 0 Å². The van der Waals surface area contributed by atoms with Gasteiger partial charge in [0.1, 0.15) is 11.9 Å². The van der Waals surface area contributed by atoms with Gasteiger partial charge in [-0.25, -0.2) is 12.8 Å². The van der Waals surface area contributed by atoms with Gasteiger partial charge in [-0.2, -0.15) is 4.31 Å². The van der Waals surface area contributed by atoms with Crippen molar-refractivity contribution in [3.63, 3.8) is 0 Å². The number of hydrogen-bond donors (Lipinski definition) is 1. The number of carbonyl (C=O) groups is 1. The van der Waals surface area contributed by atoms with Gasteiger partial charge < -0.3 is 10.0 Å². The lowest BCUT2D eigenvalue weighted by atomic mass is 10.0. The van der Waals surface area contributed by atoms with Crippen LogP contribution in [0.25, 0.3) is 0 Å². The Morgan fingerprint density at radius 1 is 1.33 bits per heavy atom. The van der Waals surface area contributed by atoms with E-state index in [2.05, 4.69) is 0 Å². The Balaban J connectivity index is 1.89. The molecule has 2 aliphatic heterocycles. The number of sulfonamides is 1. The van der Waals surface area contributed by atoms with Crippen LogP contribution < -0.4 is 0 Å². The molecule has 0 radical (unpaired) electrons. The number of aliphatic hydroxyl groups excluding tert-OH is 1. The van der Waals surface area contributed by atoms with Gasteiger partial charge in [-0.05, 0) is 18.2 Å². The first-order chi connectivity index (χ1) is 9.82. The molecule has 3 atom stereocenters. The van der Waals surface area contributed by atoms with Crippen LogP contribution in [0, 0.1) is 11.7 Å². The lowest BCUT2D eigenvalue weighted by Crippen LogP contribution is -2.38. The average molecular weight is 314 g/mol. The molecule has 1 N–H and O–H groups in total. The molecule has 2 fully saturated rings. The van der Waals surface area contributed by atoms with Crippen molar-refractivity contribution in [2.24, 2.45) is 5.92 Å². The third kappa shape index (κ3) is 2.14. The van der Waals surface area contributed by atoms with E-state index in [1.807, 2.05) is 0 Å². The van der Waals surface area contributed by atoms with Crippen LogP contribution in [0.1, 0.15) is 0 Å². The quantitative estimate of drug-likeness (QED) is 0.809. The van der Waals surface area contributed by atoms with Crippen molar-refractivity contribution in [1.82, 2.24) is 9.21 Å². The van der Waals surface area contributed by atoms with Crippen LogP contribution in [0.4, 0.5) is 4.39 Å². The van der Waals surface area contributed by atoms with Gasteiger partial charge >= 0.3 is 0 Å². The van der Waals surface area contributed by atoms with Gasteiger partial charge in [0.05, 0.1) is 10.9 Å².